The van der Waals surface area contributed by atoms with Crippen molar-refractivity contribution in [2.24, 2.45) is 5.92 Å². The standard InChI is InChI=1S/C16H27N3O/c1-4-17-10-14-11-18-15(19-12-14)16(20-5-2)8-6-13(3)7-9-16/h11-13,17H,4-10H2,1-3H3. The van der Waals surface area contributed by atoms with Crippen LogP contribution in [0, 0.1) is 5.92 Å². The van der Waals surface area contributed by atoms with Crippen LogP contribution in [0.25, 0.3) is 0 Å². The lowest BCUT2D eigenvalue weighted by Gasteiger charge is -2.37. The van der Waals surface area contributed by atoms with Crippen molar-refractivity contribution in [2.45, 2.75) is 58.6 Å². The lowest BCUT2D eigenvalue weighted by Crippen LogP contribution is -2.36. The van der Waals surface area contributed by atoms with Crippen molar-refractivity contribution in [1.82, 2.24) is 15.3 Å². The molecule has 20 heavy (non-hydrogen) atoms. The molecule has 0 saturated heterocycles. The minimum atomic E-state index is -0.252. The average molecular weight is 277 g/mol. The molecule has 1 fully saturated rings. The monoisotopic (exact) mass is 277 g/mol. The van der Waals surface area contributed by atoms with Gasteiger partial charge in [0.05, 0.1) is 0 Å². The molecule has 1 aromatic heterocycles. The number of ether oxygens (including phenoxy) is 1. The fourth-order valence-electron chi connectivity index (χ4n) is 2.89. The van der Waals surface area contributed by atoms with Crippen LogP contribution in [0.4, 0.5) is 0 Å². The molecular weight excluding hydrogens is 250 g/mol. The van der Waals surface area contributed by atoms with Gasteiger partial charge in [-0.3, -0.25) is 0 Å². The van der Waals surface area contributed by atoms with E-state index in [1.54, 1.807) is 0 Å². The summed E-state index contributed by atoms with van der Waals surface area (Å²) in [6, 6.07) is 0. The SMILES string of the molecule is CCNCc1cnc(C2(OCC)CCC(C)CC2)nc1. The first kappa shape index (κ1) is 15.4. The second-order valence-corrected chi connectivity index (χ2v) is 5.81. The Morgan fingerprint density at radius 3 is 2.45 bits per heavy atom. The molecule has 0 aliphatic heterocycles. The quantitative estimate of drug-likeness (QED) is 0.868. The molecular formula is C16H27N3O. The largest absolute Gasteiger partial charge is 0.367 e. The summed E-state index contributed by atoms with van der Waals surface area (Å²) in [5.74, 6) is 1.66. The van der Waals surface area contributed by atoms with Gasteiger partial charge in [0.1, 0.15) is 5.60 Å². The number of hydrogen-bond acceptors (Lipinski definition) is 4. The molecule has 0 atom stereocenters. The maximum absolute atomic E-state index is 6.09. The Hall–Kier alpha value is -1.00. The van der Waals surface area contributed by atoms with Crippen molar-refractivity contribution in [2.75, 3.05) is 13.2 Å². The Bertz CT molecular complexity index is 397. The topological polar surface area (TPSA) is 47.0 Å². The average Bonchev–Trinajstić information content (AvgIpc) is 2.48. The third-order valence-electron chi connectivity index (χ3n) is 4.19. The van der Waals surface area contributed by atoms with Crippen molar-refractivity contribution in [3.63, 3.8) is 0 Å². The third-order valence-corrected chi connectivity index (χ3v) is 4.19. The van der Waals surface area contributed by atoms with Gasteiger partial charge in [-0.2, -0.15) is 0 Å². The van der Waals surface area contributed by atoms with Gasteiger partial charge in [-0.1, -0.05) is 13.8 Å². The molecule has 4 nitrogen and oxygen atoms in total. The summed E-state index contributed by atoms with van der Waals surface area (Å²) in [6.07, 6.45) is 8.34. The highest BCUT2D eigenvalue weighted by atomic mass is 16.5. The van der Waals surface area contributed by atoms with Crippen LogP contribution in [0.2, 0.25) is 0 Å². The minimum Gasteiger partial charge on any atom is -0.367 e. The summed E-state index contributed by atoms with van der Waals surface area (Å²) in [5.41, 5.74) is 0.879. The number of nitrogens with zero attached hydrogens (tertiary/aromatic N) is 2. The van der Waals surface area contributed by atoms with Gasteiger partial charge < -0.3 is 10.1 Å². The highest BCUT2D eigenvalue weighted by molar-refractivity contribution is 5.10. The van der Waals surface area contributed by atoms with Crippen LogP contribution in [0.1, 0.15) is 57.8 Å². The Morgan fingerprint density at radius 1 is 1.25 bits per heavy atom. The molecule has 1 N–H and O–H groups in total. The maximum Gasteiger partial charge on any atom is 0.160 e. The Morgan fingerprint density at radius 2 is 1.90 bits per heavy atom. The normalized spacial score (nSPS) is 26.6. The first-order valence-corrected chi connectivity index (χ1v) is 7.86. The second-order valence-electron chi connectivity index (χ2n) is 5.81. The molecule has 0 radical (unpaired) electrons. The number of hydrogen-bond donors (Lipinski definition) is 1. The van der Waals surface area contributed by atoms with E-state index < -0.39 is 0 Å². The number of nitrogens with one attached hydrogen (secondary N) is 1. The van der Waals surface area contributed by atoms with E-state index in [0.717, 1.165) is 49.8 Å². The summed E-state index contributed by atoms with van der Waals surface area (Å²) in [6.45, 7) is 8.98. The molecule has 1 aromatic rings. The molecule has 112 valence electrons. The number of aromatic nitrogens is 2. The van der Waals surface area contributed by atoms with Gasteiger partial charge in [-0.05, 0) is 45.1 Å². The Balaban J connectivity index is 2.13. The van der Waals surface area contributed by atoms with E-state index in [2.05, 4.69) is 36.1 Å². The van der Waals surface area contributed by atoms with E-state index in [4.69, 9.17) is 4.74 Å². The molecule has 1 aliphatic rings. The highest BCUT2D eigenvalue weighted by Gasteiger charge is 2.39. The van der Waals surface area contributed by atoms with Crippen LogP contribution in [0.3, 0.4) is 0 Å². The minimum absolute atomic E-state index is 0.252. The van der Waals surface area contributed by atoms with Crippen molar-refractivity contribution < 1.29 is 4.74 Å². The lowest BCUT2D eigenvalue weighted by atomic mass is 9.79. The van der Waals surface area contributed by atoms with Crippen LogP contribution in [0.15, 0.2) is 12.4 Å². The predicted molar refractivity (Wildman–Crippen MR) is 80.3 cm³/mol. The van der Waals surface area contributed by atoms with Gasteiger partial charge >= 0.3 is 0 Å². The lowest BCUT2D eigenvalue weighted by molar-refractivity contribution is -0.0837. The molecule has 2 rings (SSSR count). The second kappa shape index (κ2) is 7.14. The molecule has 1 heterocycles. The molecule has 1 saturated carbocycles. The van der Waals surface area contributed by atoms with Gasteiger partial charge in [0.15, 0.2) is 5.82 Å². The molecule has 0 aromatic carbocycles. The predicted octanol–water partition coefficient (Wildman–Crippen LogP) is 3.03. The zero-order valence-corrected chi connectivity index (χ0v) is 13.0. The van der Waals surface area contributed by atoms with Gasteiger partial charge in [0.25, 0.3) is 0 Å². The first-order valence-electron chi connectivity index (χ1n) is 7.86. The molecule has 0 unspecified atom stereocenters. The summed E-state index contributed by atoms with van der Waals surface area (Å²) >= 11 is 0. The van der Waals surface area contributed by atoms with Crippen LogP contribution in [-0.2, 0) is 16.9 Å². The third kappa shape index (κ3) is 3.55. The van der Waals surface area contributed by atoms with Crippen LogP contribution < -0.4 is 5.32 Å². The summed E-state index contributed by atoms with van der Waals surface area (Å²) in [7, 11) is 0. The van der Waals surface area contributed by atoms with Crippen LogP contribution in [-0.4, -0.2) is 23.1 Å². The smallest absolute Gasteiger partial charge is 0.160 e. The van der Waals surface area contributed by atoms with Gasteiger partial charge in [0, 0.05) is 31.1 Å². The Kier molecular flexibility index (Phi) is 5.49. The zero-order valence-electron chi connectivity index (χ0n) is 13.0. The van der Waals surface area contributed by atoms with E-state index in [-0.39, 0.29) is 5.60 Å². The van der Waals surface area contributed by atoms with E-state index in [0.29, 0.717) is 0 Å². The van der Waals surface area contributed by atoms with Crippen molar-refractivity contribution in [3.05, 3.63) is 23.8 Å². The summed E-state index contributed by atoms with van der Waals surface area (Å²) in [4.78, 5) is 9.19. The molecule has 1 aliphatic carbocycles. The van der Waals surface area contributed by atoms with Gasteiger partial charge in [-0.25, -0.2) is 9.97 Å². The highest BCUT2D eigenvalue weighted by Crippen LogP contribution is 2.40. The fourth-order valence-corrected chi connectivity index (χ4v) is 2.89. The maximum atomic E-state index is 6.09. The molecule has 4 heteroatoms. The fraction of sp³-hybridized carbons (Fsp3) is 0.750. The van der Waals surface area contributed by atoms with Gasteiger partial charge in [-0.15, -0.1) is 0 Å². The van der Waals surface area contributed by atoms with Crippen molar-refractivity contribution in [3.8, 4) is 0 Å². The first-order chi connectivity index (χ1) is 9.70. The number of rotatable bonds is 6. The van der Waals surface area contributed by atoms with E-state index >= 15 is 0 Å². The van der Waals surface area contributed by atoms with Crippen LogP contribution >= 0.6 is 0 Å². The zero-order chi connectivity index (χ0) is 14.4. The van der Waals surface area contributed by atoms with Crippen molar-refractivity contribution in [1.29, 1.82) is 0 Å². The van der Waals surface area contributed by atoms with Crippen molar-refractivity contribution >= 4 is 0 Å². The Labute approximate surface area is 122 Å². The molecule has 0 bridgehead atoms. The van der Waals surface area contributed by atoms with Gasteiger partial charge in [0.2, 0.25) is 0 Å². The molecule has 0 amide bonds. The molecule has 0 spiro atoms. The van der Waals surface area contributed by atoms with E-state index in [9.17, 15) is 0 Å². The summed E-state index contributed by atoms with van der Waals surface area (Å²) < 4.78 is 6.09. The van der Waals surface area contributed by atoms with E-state index in [1.807, 2.05) is 12.4 Å². The summed E-state index contributed by atoms with van der Waals surface area (Å²) in [5, 5.41) is 3.29. The van der Waals surface area contributed by atoms with E-state index in [1.165, 1.54) is 12.8 Å². The van der Waals surface area contributed by atoms with Crippen LogP contribution in [0.5, 0.6) is 0 Å².